The molecule has 0 bridgehead atoms. The average molecular weight is 345 g/mol. The molecule has 1 aromatic carbocycles. The topological polar surface area (TPSA) is 63.9 Å². The van der Waals surface area contributed by atoms with Crippen molar-refractivity contribution in [2.75, 3.05) is 13.1 Å². The number of benzene rings is 1. The van der Waals surface area contributed by atoms with Gasteiger partial charge in [-0.15, -0.1) is 5.10 Å². The van der Waals surface area contributed by atoms with Gasteiger partial charge in [0.2, 0.25) is 11.1 Å². The van der Waals surface area contributed by atoms with Gasteiger partial charge in [0.25, 0.3) is 0 Å². The van der Waals surface area contributed by atoms with Crippen molar-refractivity contribution in [2.45, 2.75) is 49.6 Å². The Kier molecular flexibility index (Phi) is 4.89. The Balaban J connectivity index is 1.91. The minimum absolute atomic E-state index is 0.146. The number of carbonyl (C=O) groups excluding carboxylic acids is 1. The van der Waals surface area contributed by atoms with Gasteiger partial charge in [-0.1, -0.05) is 42.1 Å². The summed E-state index contributed by atoms with van der Waals surface area (Å²) in [7, 11) is 0. The molecule has 1 aliphatic rings. The standard InChI is InChI=1S/C17H23N5OS/c1-17(2,3)22-16(18-19-20-22)24-14(13-9-5-4-6-10-13)15(23)21-11-7-8-12-21/h4-6,9-10,14H,7-8,11-12H2,1-3H3/t14-/m1/s1. The summed E-state index contributed by atoms with van der Waals surface area (Å²) < 4.78 is 1.78. The third kappa shape index (κ3) is 3.61. The van der Waals surface area contributed by atoms with Crippen molar-refractivity contribution >= 4 is 17.7 Å². The zero-order chi connectivity index (χ0) is 17.2. The maximum absolute atomic E-state index is 13.1. The third-order valence-corrected chi connectivity index (χ3v) is 5.22. The zero-order valence-corrected chi connectivity index (χ0v) is 15.2. The van der Waals surface area contributed by atoms with E-state index in [1.54, 1.807) is 4.68 Å². The van der Waals surface area contributed by atoms with Gasteiger partial charge in [-0.25, -0.2) is 4.68 Å². The van der Waals surface area contributed by atoms with Gasteiger partial charge in [0, 0.05) is 13.1 Å². The van der Waals surface area contributed by atoms with Gasteiger partial charge in [0.15, 0.2) is 0 Å². The molecule has 7 heteroatoms. The predicted molar refractivity (Wildman–Crippen MR) is 93.7 cm³/mol. The summed E-state index contributed by atoms with van der Waals surface area (Å²) >= 11 is 1.43. The molecule has 0 N–H and O–H groups in total. The molecule has 1 aromatic heterocycles. The number of amides is 1. The van der Waals surface area contributed by atoms with E-state index in [-0.39, 0.29) is 16.7 Å². The Labute approximate surface area is 146 Å². The van der Waals surface area contributed by atoms with Crippen LogP contribution in [0.4, 0.5) is 0 Å². The summed E-state index contributed by atoms with van der Waals surface area (Å²) in [5, 5.41) is 12.4. The van der Waals surface area contributed by atoms with Crippen LogP contribution in [0.15, 0.2) is 35.5 Å². The molecule has 1 aliphatic heterocycles. The first-order valence-electron chi connectivity index (χ1n) is 8.26. The molecule has 3 rings (SSSR count). The van der Waals surface area contributed by atoms with Crippen LogP contribution in [0.3, 0.4) is 0 Å². The fourth-order valence-corrected chi connectivity index (χ4v) is 4.02. The van der Waals surface area contributed by atoms with Gasteiger partial charge in [-0.3, -0.25) is 4.79 Å². The normalized spacial score (nSPS) is 16.4. The lowest BCUT2D eigenvalue weighted by atomic mass is 10.1. The highest BCUT2D eigenvalue weighted by atomic mass is 32.2. The van der Waals surface area contributed by atoms with Gasteiger partial charge < -0.3 is 4.90 Å². The quantitative estimate of drug-likeness (QED) is 0.797. The maximum Gasteiger partial charge on any atom is 0.240 e. The van der Waals surface area contributed by atoms with Crippen molar-refractivity contribution in [3.8, 4) is 0 Å². The lowest BCUT2D eigenvalue weighted by Gasteiger charge is -2.24. The molecular weight excluding hydrogens is 322 g/mol. The Morgan fingerprint density at radius 2 is 1.83 bits per heavy atom. The molecule has 1 atom stereocenters. The highest BCUT2D eigenvalue weighted by Gasteiger charge is 2.31. The molecule has 0 radical (unpaired) electrons. The number of tetrazole rings is 1. The Morgan fingerprint density at radius 1 is 1.17 bits per heavy atom. The van der Waals surface area contributed by atoms with Crippen molar-refractivity contribution in [1.82, 2.24) is 25.1 Å². The van der Waals surface area contributed by atoms with Crippen LogP contribution in [0.1, 0.15) is 44.4 Å². The summed E-state index contributed by atoms with van der Waals surface area (Å²) in [6.45, 7) is 7.83. The first kappa shape index (κ1) is 17.0. The van der Waals surface area contributed by atoms with Gasteiger partial charge in [0.05, 0.1) is 5.54 Å². The molecule has 0 aliphatic carbocycles. The zero-order valence-electron chi connectivity index (χ0n) is 14.3. The van der Waals surface area contributed by atoms with Crippen LogP contribution in [0.5, 0.6) is 0 Å². The van der Waals surface area contributed by atoms with Crippen LogP contribution in [0.2, 0.25) is 0 Å². The second-order valence-electron chi connectivity index (χ2n) is 6.99. The summed E-state index contributed by atoms with van der Waals surface area (Å²) in [5.74, 6) is 0.146. The molecule has 2 aromatic rings. The summed E-state index contributed by atoms with van der Waals surface area (Å²) in [4.78, 5) is 15.0. The van der Waals surface area contributed by atoms with E-state index in [9.17, 15) is 4.79 Å². The summed E-state index contributed by atoms with van der Waals surface area (Å²) in [5.41, 5.74) is 0.756. The fourth-order valence-electron chi connectivity index (χ4n) is 2.77. The number of rotatable bonds is 4. The molecule has 1 saturated heterocycles. The highest BCUT2D eigenvalue weighted by molar-refractivity contribution is 8.00. The molecule has 6 nitrogen and oxygen atoms in total. The van der Waals surface area contributed by atoms with Crippen LogP contribution >= 0.6 is 11.8 Å². The average Bonchev–Trinajstić information content (AvgIpc) is 3.23. The molecular formula is C17H23N5OS. The monoisotopic (exact) mass is 345 g/mol. The number of nitrogens with zero attached hydrogens (tertiary/aromatic N) is 5. The predicted octanol–water partition coefficient (Wildman–Crippen LogP) is 2.88. The van der Waals surface area contributed by atoms with E-state index in [1.165, 1.54) is 11.8 Å². The smallest absolute Gasteiger partial charge is 0.240 e. The van der Waals surface area contributed by atoms with Crippen molar-refractivity contribution in [3.05, 3.63) is 35.9 Å². The molecule has 0 unspecified atom stereocenters. The van der Waals surface area contributed by atoms with Crippen molar-refractivity contribution in [3.63, 3.8) is 0 Å². The largest absolute Gasteiger partial charge is 0.341 e. The van der Waals surface area contributed by atoms with E-state index < -0.39 is 0 Å². The molecule has 2 heterocycles. The van der Waals surface area contributed by atoms with Crippen LogP contribution in [-0.2, 0) is 10.3 Å². The van der Waals surface area contributed by atoms with E-state index in [4.69, 9.17) is 0 Å². The summed E-state index contributed by atoms with van der Waals surface area (Å²) in [6, 6.07) is 9.89. The molecule has 0 saturated carbocycles. The lowest BCUT2D eigenvalue weighted by molar-refractivity contribution is -0.129. The summed E-state index contributed by atoms with van der Waals surface area (Å²) in [6.07, 6.45) is 2.16. The molecule has 1 fully saturated rings. The van der Waals surface area contributed by atoms with Gasteiger partial charge in [-0.05, 0) is 49.6 Å². The molecule has 0 spiro atoms. The number of hydrogen-bond donors (Lipinski definition) is 0. The van der Waals surface area contributed by atoms with Crippen LogP contribution in [0.25, 0.3) is 0 Å². The van der Waals surface area contributed by atoms with Gasteiger partial charge in [0.1, 0.15) is 5.25 Å². The second kappa shape index (κ2) is 6.93. The second-order valence-corrected chi connectivity index (χ2v) is 8.06. The SMILES string of the molecule is CC(C)(C)n1nnnc1S[C@@H](C(=O)N1CCCC1)c1ccccc1. The van der Waals surface area contributed by atoms with Crippen molar-refractivity contribution in [2.24, 2.45) is 0 Å². The maximum atomic E-state index is 13.1. The van der Waals surface area contributed by atoms with Crippen molar-refractivity contribution < 1.29 is 4.79 Å². The third-order valence-electron chi connectivity index (χ3n) is 4.04. The number of likely N-dealkylation sites (tertiary alicyclic amines) is 1. The minimum atomic E-state index is -0.323. The lowest BCUT2D eigenvalue weighted by Crippen LogP contribution is -2.32. The van der Waals surface area contributed by atoms with Crippen LogP contribution in [0, 0.1) is 0 Å². The van der Waals surface area contributed by atoms with E-state index in [1.807, 2.05) is 56.0 Å². The Bertz CT molecular complexity index is 689. The molecule has 1 amide bonds. The Hall–Kier alpha value is -1.89. The first-order valence-corrected chi connectivity index (χ1v) is 9.14. The van der Waals surface area contributed by atoms with Crippen LogP contribution in [-0.4, -0.2) is 44.1 Å². The highest BCUT2D eigenvalue weighted by Crippen LogP contribution is 2.37. The fraction of sp³-hybridized carbons (Fsp3) is 0.529. The number of hydrogen-bond acceptors (Lipinski definition) is 5. The molecule has 128 valence electrons. The van der Waals surface area contributed by atoms with Crippen molar-refractivity contribution in [1.29, 1.82) is 0 Å². The van der Waals surface area contributed by atoms with Crippen LogP contribution < -0.4 is 0 Å². The minimum Gasteiger partial charge on any atom is -0.341 e. The Morgan fingerprint density at radius 3 is 2.46 bits per heavy atom. The van der Waals surface area contributed by atoms with E-state index >= 15 is 0 Å². The first-order chi connectivity index (χ1) is 11.5. The molecule has 24 heavy (non-hydrogen) atoms. The van der Waals surface area contributed by atoms with E-state index in [2.05, 4.69) is 15.5 Å². The number of thioether (sulfide) groups is 1. The number of carbonyl (C=O) groups is 1. The van der Waals surface area contributed by atoms with Gasteiger partial charge >= 0.3 is 0 Å². The number of aromatic nitrogens is 4. The van der Waals surface area contributed by atoms with E-state index in [0.29, 0.717) is 5.16 Å². The van der Waals surface area contributed by atoms with E-state index in [0.717, 1.165) is 31.5 Å². The van der Waals surface area contributed by atoms with Gasteiger partial charge in [-0.2, -0.15) is 0 Å².